The van der Waals surface area contributed by atoms with Crippen molar-refractivity contribution < 1.29 is 9.47 Å². The van der Waals surface area contributed by atoms with E-state index in [1.54, 1.807) is 7.11 Å². The first kappa shape index (κ1) is 27.2. The maximum atomic E-state index is 5.98. The van der Waals surface area contributed by atoms with Crippen LogP contribution < -0.4 is 9.47 Å². The molecule has 214 valence electrons. The van der Waals surface area contributed by atoms with E-state index in [1.165, 1.54) is 89.9 Å². The zero-order valence-electron chi connectivity index (χ0n) is 24.1. The lowest BCUT2D eigenvalue weighted by atomic mass is 10.1. The number of fused-ring (bicyclic) bond motifs is 9. The molecule has 0 unspecified atom stereocenters. The number of unbranched alkanes of at least 4 members (excludes halogenated alkanes) is 3. The van der Waals surface area contributed by atoms with Crippen LogP contribution in [0.1, 0.15) is 32.6 Å². The first-order chi connectivity index (χ1) is 21.2. The molecule has 0 aliphatic carbocycles. The molecule has 4 heterocycles. The molecule has 0 radical (unpaired) electrons. The number of methoxy groups -OCH3 is 1. The fraction of sp³-hybridized carbons (Fsp3) is 0.189. The first-order valence-electron chi connectivity index (χ1n) is 14.8. The fourth-order valence-corrected chi connectivity index (χ4v) is 11.3. The Morgan fingerprint density at radius 2 is 1.02 bits per heavy atom. The van der Waals surface area contributed by atoms with Gasteiger partial charge in [-0.2, -0.15) is 0 Å². The smallest absolute Gasteiger partial charge is 0.119 e. The fourth-order valence-electron chi connectivity index (χ4n) is 5.84. The molecule has 0 amide bonds. The zero-order valence-corrected chi connectivity index (χ0v) is 27.3. The molecule has 8 aromatic rings. The largest absolute Gasteiger partial charge is 0.497 e. The third-order valence-corrected chi connectivity index (χ3v) is 13.5. The third-order valence-electron chi connectivity index (χ3n) is 8.17. The first-order valence-corrected chi connectivity index (χ1v) is 18.1. The molecule has 6 heteroatoms. The van der Waals surface area contributed by atoms with Gasteiger partial charge in [-0.25, -0.2) is 0 Å². The van der Waals surface area contributed by atoms with Crippen LogP contribution in [0.4, 0.5) is 0 Å². The summed E-state index contributed by atoms with van der Waals surface area (Å²) in [6, 6.07) is 31.0. The number of benzene rings is 4. The van der Waals surface area contributed by atoms with E-state index >= 15 is 0 Å². The predicted octanol–water partition coefficient (Wildman–Crippen LogP) is 13.0. The Kier molecular flexibility index (Phi) is 7.11. The average molecular weight is 635 g/mol. The molecule has 0 spiro atoms. The van der Waals surface area contributed by atoms with Gasteiger partial charge in [-0.15, -0.1) is 45.3 Å². The van der Waals surface area contributed by atoms with Gasteiger partial charge in [-0.05, 0) is 89.0 Å². The summed E-state index contributed by atoms with van der Waals surface area (Å²) in [6.45, 7) is 3.04. The number of ether oxygens (including phenoxy) is 2. The topological polar surface area (TPSA) is 18.5 Å². The van der Waals surface area contributed by atoms with Gasteiger partial charge in [0.25, 0.3) is 0 Å². The Labute approximate surface area is 266 Å². The van der Waals surface area contributed by atoms with Crippen LogP contribution in [0.2, 0.25) is 0 Å². The highest BCUT2D eigenvalue weighted by Gasteiger charge is 2.18. The second-order valence-electron chi connectivity index (χ2n) is 11.0. The normalized spacial score (nSPS) is 12.0. The van der Waals surface area contributed by atoms with E-state index in [9.17, 15) is 0 Å². The number of thiophene rings is 4. The average Bonchev–Trinajstić information content (AvgIpc) is 3.82. The van der Waals surface area contributed by atoms with E-state index in [1.807, 2.05) is 57.5 Å². The molecule has 2 nitrogen and oxygen atoms in total. The molecule has 0 atom stereocenters. The quantitative estimate of drug-likeness (QED) is 0.147. The molecule has 0 bridgehead atoms. The van der Waals surface area contributed by atoms with E-state index in [2.05, 4.69) is 79.7 Å². The molecular formula is C37H30O2S4. The minimum Gasteiger partial charge on any atom is -0.497 e. The van der Waals surface area contributed by atoms with Crippen LogP contribution in [0.25, 0.3) is 70.6 Å². The highest BCUT2D eigenvalue weighted by molar-refractivity contribution is 7.40. The van der Waals surface area contributed by atoms with Crippen LogP contribution in [0.3, 0.4) is 0 Å². The molecule has 0 N–H and O–H groups in total. The molecule has 0 aliphatic heterocycles. The SMILES string of the molecule is CCCCCCOc1ccc(-c2cc3ccc4c(sc5c6ccc7cc(-c8ccc(OC)cc8)sc7c6sc45)c3s2)cc1. The van der Waals surface area contributed by atoms with Gasteiger partial charge in [-0.1, -0.05) is 50.5 Å². The summed E-state index contributed by atoms with van der Waals surface area (Å²) in [7, 11) is 1.71. The van der Waals surface area contributed by atoms with E-state index in [4.69, 9.17) is 9.47 Å². The van der Waals surface area contributed by atoms with Crippen LogP contribution in [0, 0.1) is 0 Å². The highest BCUT2D eigenvalue weighted by Crippen LogP contribution is 2.51. The maximum Gasteiger partial charge on any atom is 0.119 e. The Bertz CT molecular complexity index is 2230. The van der Waals surface area contributed by atoms with Crippen molar-refractivity contribution in [3.63, 3.8) is 0 Å². The van der Waals surface area contributed by atoms with Crippen molar-refractivity contribution >= 4 is 95.1 Å². The summed E-state index contributed by atoms with van der Waals surface area (Å²) < 4.78 is 19.8. The molecular weight excluding hydrogens is 605 g/mol. The van der Waals surface area contributed by atoms with Crippen molar-refractivity contribution in [3.8, 4) is 32.4 Å². The summed E-state index contributed by atoms with van der Waals surface area (Å²) in [5.41, 5.74) is 2.49. The van der Waals surface area contributed by atoms with E-state index < -0.39 is 0 Å². The standard InChI is InChI=1S/C37H30O2S4/c1-3-4-5-6-19-39-27-15-9-23(10-16-27)31-21-25-12-18-29-35(33(25)41-31)43-36-28-17-11-24-20-30(22-7-13-26(38-2)14-8-22)40-32(24)34(28)42-37(29)36/h7-18,20-21H,3-6,19H2,1-2H3. The molecule has 8 rings (SSSR count). The molecule has 0 fully saturated rings. The molecule has 0 saturated carbocycles. The van der Waals surface area contributed by atoms with Crippen molar-refractivity contribution in [1.82, 2.24) is 0 Å². The summed E-state index contributed by atoms with van der Waals surface area (Å²) in [6.07, 6.45) is 4.90. The van der Waals surface area contributed by atoms with Crippen LogP contribution in [0.15, 0.2) is 84.9 Å². The number of hydrogen-bond donors (Lipinski definition) is 0. The second-order valence-corrected chi connectivity index (χ2v) is 15.1. The van der Waals surface area contributed by atoms with Gasteiger partial charge in [0.1, 0.15) is 11.5 Å². The van der Waals surface area contributed by atoms with Crippen LogP contribution in [0.5, 0.6) is 11.5 Å². The number of hydrogen-bond acceptors (Lipinski definition) is 6. The third kappa shape index (κ3) is 4.81. The predicted molar refractivity (Wildman–Crippen MR) is 193 cm³/mol. The molecule has 43 heavy (non-hydrogen) atoms. The van der Waals surface area contributed by atoms with Gasteiger partial charge in [0.05, 0.1) is 41.9 Å². The Balaban J connectivity index is 1.14. The van der Waals surface area contributed by atoms with Gasteiger partial charge < -0.3 is 9.47 Å². The van der Waals surface area contributed by atoms with Gasteiger partial charge in [0.2, 0.25) is 0 Å². The van der Waals surface area contributed by atoms with E-state index in [-0.39, 0.29) is 0 Å². The maximum absolute atomic E-state index is 5.98. The van der Waals surface area contributed by atoms with Gasteiger partial charge >= 0.3 is 0 Å². The number of rotatable bonds is 9. The van der Waals surface area contributed by atoms with Crippen molar-refractivity contribution in [2.75, 3.05) is 13.7 Å². The monoisotopic (exact) mass is 634 g/mol. The van der Waals surface area contributed by atoms with E-state index in [0.29, 0.717) is 0 Å². The van der Waals surface area contributed by atoms with Crippen molar-refractivity contribution in [2.24, 2.45) is 0 Å². The molecule has 4 aromatic carbocycles. The Hall–Kier alpha value is -3.42. The van der Waals surface area contributed by atoms with Crippen LogP contribution >= 0.6 is 45.3 Å². The van der Waals surface area contributed by atoms with Gasteiger partial charge in [0, 0.05) is 20.5 Å². The van der Waals surface area contributed by atoms with Crippen LogP contribution in [-0.2, 0) is 0 Å². The minimum absolute atomic E-state index is 0.798. The molecule has 0 saturated heterocycles. The highest BCUT2D eigenvalue weighted by atomic mass is 32.1. The van der Waals surface area contributed by atoms with Crippen molar-refractivity contribution in [3.05, 3.63) is 84.9 Å². The lowest BCUT2D eigenvalue weighted by Gasteiger charge is -2.06. The summed E-state index contributed by atoms with van der Waals surface area (Å²) in [5.74, 6) is 1.85. The Morgan fingerprint density at radius 3 is 1.53 bits per heavy atom. The van der Waals surface area contributed by atoms with Gasteiger partial charge in [-0.3, -0.25) is 0 Å². The molecule has 0 aliphatic rings. The summed E-state index contributed by atoms with van der Waals surface area (Å²) in [5, 5.41) is 5.41. The summed E-state index contributed by atoms with van der Waals surface area (Å²) >= 11 is 7.72. The van der Waals surface area contributed by atoms with Crippen LogP contribution in [-0.4, -0.2) is 13.7 Å². The Morgan fingerprint density at radius 1 is 0.512 bits per heavy atom. The van der Waals surface area contributed by atoms with E-state index in [0.717, 1.165) is 24.5 Å². The van der Waals surface area contributed by atoms with Crippen molar-refractivity contribution in [2.45, 2.75) is 32.6 Å². The van der Waals surface area contributed by atoms with Gasteiger partial charge in [0.15, 0.2) is 0 Å². The molecule has 4 aromatic heterocycles. The minimum atomic E-state index is 0.798. The van der Waals surface area contributed by atoms with Crippen molar-refractivity contribution in [1.29, 1.82) is 0 Å². The second kappa shape index (κ2) is 11.3. The zero-order chi connectivity index (χ0) is 28.9. The summed E-state index contributed by atoms with van der Waals surface area (Å²) in [4.78, 5) is 2.61. The lowest BCUT2D eigenvalue weighted by Crippen LogP contribution is -1.96. The lowest BCUT2D eigenvalue weighted by molar-refractivity contribution is 0.305.